The molecular weight excluding hydrogens is 308 g/mol. The molecule has 1 aromatic carbocycles. The van der Waals surface area contributed by atoms with Crippen LogP contribution in [0.1, 0.15) is 5.01 Å². The molecule has 0 saturated carbocycles. The fourth-order valence-corrected chi connectivity index (χ4v) is 2.94. The molecule has 0 saturated heterocycles. The highest BCUT2D eigenvalue weighted by Gasteiger charge is 2.20. The molecule has 2 aromatic heterocycles. The number of hydrogen-bond acceptors (Lipinski definition) is 5. The third kappa shape index (κ3) is 2.48. The van der Waals surface area contributed by atoms with E-state index in [2.05, 4.69) is 15.2 Å². The van der Waals surface area contributed by atoms with E-state index in [4.69, 9.17) is 22.1 Å². The van der Waals surface area contributed by atoms with Crippen LogP contribution in [-0.4, -0.2) is 22.3 Å². The number of H-pyrrole nitrogens is 1. The number of rotatable bonds is 3. The second-order valence-electron chi connectivity index (χ2n) is 4.46. The summed E-state index contributed by atoms with van der Waals surface area (Å²) in [5.41, 5.74) is 9.13. The van der Waals surface area contributed by atoms with Gasteiger partial charge in [-0.1, -0.05) is 11.6 Å². The second-order valence-corrected chi connectivity index (χ2v) is 5.95. The van der Waals surface area contributed by atoms with Crippen LogP contribution in [0.2, 0.25) is 5.02 Å². The number of nitrogens with zero attached hydrogens (tertiary/aromatic N) is 2. The molecule has 0 radical (unpaired) electrons. The van der Waals surface area contributed by atoms with Crippen LogP contribution in [-0.2, 0) is 0 Å². The lowest BCUT2D eigenvalue weighted by atomic mass is 10.0. The summed E-state index contributed by atoms with van der Waals surface area (Å²) in [4.78, 5) is 4.48. The summed E-state index contributed by atoms with van der Waals surface area (Å²) in [6.45, 7) is 1.95. The van der Waals surface area contributed by atoms with Gasteiger partial charge in [0.2, 0.25) is 0 Å². The third-order valence-corrected chi connectivity index (χ3v) is 4.11. The first kappa shape index (κ1) is 13.9. The van der Waals surface area contributed by atoms with Gasteiger partial charge in [0, 0.05) is 16.0 Å². The average Bonchev–Trinajstić information content (AvgIpc) is 3.04. The van der Waals surface area contributed by atoms with E-state index in [9.17, 15) is 0 Å². The topological polar surface area (TPSA) is 76.8 Å². The zero-order valence-corrected chi connectivity index (χ0v) is 13.0. The van der Waals surface area contributed by atoms with Gasteiger partial charge in [-0.3, -0.25) is 5.10 Å². The van der Waals surface area contributed by atoms with Crippen LogP contribution in [0, 0.1) is 6.92 Å². The SMILES string of the molecule is COc1ccc(Cl)cc1-c1c(N)n[nH]c1-c1csc(C)n1. The van der Waals surface area contributed by atoms with Crippen LogP contribution in [0.25, 0.3) is 22.5 Å². The number of nitrogens with two attached hydrogens (primary N) is 1. The lowest BCUT2D eigenvalue weighted by Crippen LogP contribution is -1.93. The molecule has 0 fully saturated rings. The van der Waals surface area contributed by atoms with Crippen molar-refractivity contribution in [1.29, 1.82) is 0 Å². The average molecular weight is 321 g/mol. The van der Waals surface area contributed by atoms with E-state index in [0.717, 1.165) is 27.5 Å². The molecule has 3 aromatic rings. The zero-order chi connectivity index (χ0) is 15.0. The Morgan fingerprint density at radius 2 is 2.19 bits per heavy atom. The number of anilines is 1. The molecule has 7 heteroatoms. The minimum Gasteiger partial charge on any atom is -0.496 e. The van der Waals surface area contributed by atoms with Crippen molar-refractivity contribution in [2.24, 2.45) is 0 Å². The van der Waals surface area contributed by atoms with Gasteiger partial charge in [-0.05, 0) is 25.1 Å². The van der Waals surface area contributed by atoms with E-state index in [-0.39, 0.29) is 0 Å². The number of nitrogen functional groups attached to an aromatic ring is 1. The Hall–Kier alpha value is -2.05. The van der Waals surface area contributed by atoms with Crippen molar-refractivity contribution in [2.75, 3.05) is 12.8 Å². The Bertz CT molecular complexity index is 796. The van der Waals surface area contributed by atoms with Crippen LogP contribution in [0.5, 0.6) is 5.75 Å². The van der Waals surface area contributed by atoms with E-state index in [1.165, 1.54) is 0 Å². The summed E-state index contributed by atoms with van der Waals surface area (Å²) in [6, 6.07) is 5.39. The molecule has 108 valence electrons. The van der Waals surface area contributed by atoms with Crippen molar-refractivity contribution in [2.45, 2.75) is 6.92 Å². The predicted octanol–water partition coefficient (Wildman–Crippen LogP) is 3.75. The summed E-state index contributed by atoms with van der Waals surface area (Å²) in [6.07, 6.45) is 0. The molecule has 3 rings (SSSR count). The van der Waals surface area contributed by atoms with Gasteiger partial charge in [0.15, 0.2) is 5.82 Å². The van der Waals surface area contributed by atoms with Gasteiger partial charge < -0.3 is 10.5 Å². The Morgan fingerprint density at radius 1 is 1.38 bits per heavy atom. The summed E-state index contributed by atoms with van der Waals surface area (Å²) >= 11 is 7.67. The van der Waals surface area contributed by atoms with Gasteiger partial charge in [0.1, 0.15) is 5.75 Å². The van der Waals surface area contributed by atoms with Crippen LogP contribution < -0.4 is 10.5 Å². The molecule has 0 unspecified atom stereocenters. The van der Waals surface area contributed by atoms with Crippen LogP contribution in [0.3, 0.4) is 0 Å². The standard InChI is InChI=1S/C14H13ClN4OS/c1-7-17-10(6-21-7)13-12(14(16)19-18-13)9-5-8(15)3-4-11(9)20-2/h3-6H,1-2H3,(H3,16,18,19). The number of halogens is 1. The maximum absolute atomic E-state index is 6.10. The van der Waals surface area contributed by atoms with Crippen molar-refractivity contribution >= 4 is 28.8 Å². The first-order valence-electron chi connectivity index (χ1n) is 6.20. The Kier molecular flexibility index (Phi) is 3.57. The highest BCUT2D eigenvalue weighted by Crippen LogP contribution is 2.40. The third-order valence-electron chi connectivity index (χ3n) is 3.10. The molecule has 21 heavy (non-hydrogen) atoms. The fraction of sp³-hybridized carbons (Fsp3) is 0.143. The van der Waals surface area contributed by atoms with E-state index in [1.54, 1.807) is 30.6 Å². The zero-order valence-electron chi connectivity index (χ0n) is 11.5. The minimum atomic E-state index is 0.385. The maximum Gasteiger partial charge on any atom is 0.153 e. The maximum atomic E-state index is 6.10. The number of methoxy groups -OCH3 is 1. The molecule has 3 N–H and O–H groups in total. The Morgan fingerprint density at radius 3 is 2.86 bits per heavy atom. The summed E-state index contributed by atoms with van der Waals surface area (Å²) in [5, 5.41) is 10.6. The number of aromatic nitrogens is 3. The second kappa shape index (κ2) is 5.38. The predicted molar refractivity (Wildman–Crippen MR) is 85.8 cm³/mol. The van der Waals surface area contributed by atoms with E-state index < -0.39 is 0 Å². The fourth-order valence-electron chi connectivity index (χ4n) is 2.17. The molecule has 2 heterocycles. The largest absolute Gasteiger partial charge is 0.496 e. The van der Waals surface area contributed by atoms with Crippen LogP contribution >= 0.6 is 22.9 Å². The van der Waals surface area contributed by atoms with Gasteiger partial charge in [-0.25, -0.2) is 4.98 Å². The number of aryl methyl sites for hydroxylation is 1. The minimum absolute atomic E-state index is 0.385. The van der Waals surface area contributed by atoms with Crippen molar-refractivity contribution in [3.05, 3.63) is 33.6 Å². The molecule has 0 amide bonds. The smallest absolute Gasteiger partial charge is 0.153 e. The number of aromatic amines is 1. The quantitative estimate of drug-likeness (QED) is 0.770. The lowest BCUT2D eigenvalue weighted by Gasteiger charge is -2.09. The highest BCUT2D eigenvalue weighted by atomic mass is 35.5. The van der Waals surface area contributed by atoms with Crippen LogP contribution in [0.15, 0.2) is 23.6 Å². The van der Waals surface area contributed by atoms with Crippen molar-refractivity contribution in [3.8, 4) is 28.3 Å². The Labute approximate surface area is 130 Å². The molecule has 0 aliphatic carbocycles. The van der Waals surface area contributed by atoms with Gasteiger partial charge in [-0.15, -0.1) is 11.3 Å². The number of ether oxygens (including phenoxy) is 1. The first-order chi connectivity index (χ1) is 10.1. The molecule has 0 spiro atoms. The summed E-state index contributed by atoms with van der Waals surface area (Å²) in [7, 11) is 1.61. The summed E-state index contributed by atoms with van der Waals surface area (Å²) < 4.78 is 5.40. The number of benzene rings is 1. The lowest BCUT2D eigenvalue weighted by molar-refractivity contribution is 0.416. The first-order valence-corrected chi connectivity index (χ1v) is 7.46. The van der Waals surface area contributed by atoms with Crippen molar-refractivity contribution < 1.29 is 4.74 Å². The molecule has 0 aliphatic heterocycles. The van der Waals surface area contributed by atoms with E-state index in [0.29, 0.717) is 16.6 Å². The normalized spacial score (nSPS) is 10.8. The number of nitrogens with one attached hydrogen (secondary N) is 1. The van der Waals surface area contributed by atoms with Crippen molar-refractivity contribution in [3.63, 3.8) is 0 Å². The summed E-state index contributed by atoms with van der Waals surface area (Å²) in [5.74, 6) is 1.07. The van der Waals surface area contributed by atoms with Crippen LogP contribution in [0.4, 0.5) is 5.82 Å². The Balaban J connectivity index is 2.24. The monoisotopic (exact) mass is 320 g/mol. The molecule has 0 bridgehead atoms. The number of thiazole rings is 1. The van der Waals surface area contributed by atoms with Gasteiger partial charge in [0.05, 0.1) is 29.1 Å². The molecular formula is C14H13ClN4OS. The van der Waals surface area contributed by atoms with E-state index >= 15 is 0 Å². The molecule has 0 atom stereocenters. The van der Waals surface area contributed by atoms with Gasteiger partial charge in [0.25, 0.3) is 0 Å². The van der Waals surface area contributed by atoms with Gasteiger partial charge in [-0.2, -0.15) is 5.10 Å². The van der Waals surface area contributed by atoms with Crippen molar-refractivity contribution in [1.82, 2.24) is 15.2 Å². The molecule has 0 aliphatic rings. The number of hydrogen-bond donors (Lipinski definition) is 2. The highest BCUT2D eigenvalue weighted by molar-refractivity contribution is 7.09. The molecule has 5 nitrogen and oxygen atoms in total. The van der Waals surface area contributed by atoms with E-state index in [1.807, 2.05) is 18.4 Å². The van der Waals surface area contributed by atoms with Gasteiger partial charge >= 0.3 is 0 Å².